The lowest BCUT2D eigenvalue weighted by Crippen LogP contribution is -2.26. The highest BCUT2D eigenvalue weighted by Gasteiger charge is 2.08. The summed E-state index contributed by atoms with van der Waals surface area (Å²) in [5, 5.41) is 18.1. The van der Waals surface area contributed by atoms with E-state index in [4.69, 9.17) is 5.11 Å². The highest BCUT2D eigenvalue weighted by atomic mass is 16.4. The summed E-state index contributed by atoms with van der Waals surface area (Å²) in [6, 6.07) is 16.6. The molecule has 0 saturated carbocycles. The normalized spacial score (nSPS) is 10.2. The molecule has 0 saturated heterocycles. The average molecular weight is 271 g/mol. The van der Waals surface area contributed by atoms with Gasteiger partial charge in [-0.05, 0) is 29.8 Å². The van der Waals surface area contributed by atoms with Crippen LogP contribution in [-0.4, -0.2) is 29.3 Å². The molecule has 0 fully saturated rings. The number of carboxylic acids is 1. The van der Waals surface area contributed by atoms with E-state index < -0.39 is 5.97 Å². The summed E-state index contributed by atoms with van der Waals surface area (Å²) in [4.78, 5) is 12.9. The zero-order valence-electron chi connectivity index (χ0n) is 11.1. The number of nitrogens with zero attached hydrogens (tertiary/aromatic N) is 1. The first-order valence-electron chi connectivity index (χ1n) is 6.44. The van der Waals surface area contributed by atoms with Gasteiger partial charge in [-0.25, -0.2) is 4.79 Å². The Morgan fingerprint density at radius 3 is 2.20 bits per heavy atom. The van der Waals surface area contributed by atoms with Crippen LogP contribution in [0.15, 0.2) is 54.6 Å². The summed E-state index contributed by atoms with van der Waals surface area (Å²) in [5.41, 5.74) is 2.30. The Labute approximate surface area is 117 Å². The zero-order chi connectivity index (χ0) is 14.4. The van der Waals surface area contributed by atoms with Crippen LogP contribution >= 0.6 is 0 Å². The number of hydrogen-bond donors (Lipinski definition) is 2. The minimum absolute atomic E-state index is 0.0491. The summed E-state index contributed by atoms with van der Waals surface area (Å²) < 4.78 is 0. The molecule has 0 heterocycles. The van der Waals surface area contributed by atoms with E-state index in [1.165, 1.54) is 0 Å². The van der Waals surface area contributed by atoms with E-state index in [2.05, 4.69) is 0 Å². The predicted molar refractivity (Wildman–Crippen MR) is 78.0 cm³/mol. The Morgan fingerprint density at radius 2 is 1.65 bits per heavy atom. The molecule has 0 radical (unpaired) electrons. The van der Waals surface area contributed by atoms with E-state index >= 15 is 0 Å². The van der Waals surface area contributed by atoms with Gasteiger partial charge in [0.2, 0.25) is 0 Å². The maximum absolute atomic E-state index is 10.8. The van der Waals surface area contributed by atoms with Gasteiger partial charge in [-0.15, -0.1) is 0 Å². The van der Waals surface area contributed by atoms with Crippen LogP contribution in [0.4, 0.5) is 5.69 Å². The van der Waals surface area contributed by atoms with E-state index in [9.17, 15) is 9.90 Å². The number of aliphatic hydroxyl groups is 1. The molecule has 2 N–H and O–H groups in total. The molecule has 0 unspecified atom stereocenters. The second-order valence-electron chi connectivity index (χ2n) is 4.48. The van der Waals surface area contributed by atoms with E-state index in [-0.39, 0.29) is 12.2 Å². The Morgan fingerprint density at radius 1 is 1.00 bits per heavy atom. The van der Waals surface area contributed by atoms with E-state index in [1.54, 1.807) is 24.3 Å². The van der Waals surface area contributed by atoms with Gasteiger partial charge in [-0.2, -0.15) is 0 Å². The summed E-state index contributed by atoms with van der Waals surface area (Å²) in [7, 11) is 0. The maximum atomic E-state index is 10.8. The van der Waals surface area contributed by atoms with Crippen molar-refractivity contribution in [2.75, 3.05) is 18.1 Å². The van der Waals surface area contributed by atoms with E-state index in [1.807, 2.05) is 35.2 Å². The third-order valence-electron chi connectivity index (χ3n) is 3.07. The van der Waals surface area contributed by atoms with Crippen molar-refractivity contribution in [2.45, 2.75) is 6.54 Å². The fraction of sp³-hybridized carbons (Fsp3) is 0.188. The van der Waals surface area contributed by atoms with Gasteiger partial charge < -0.3 is 15.1 Å². The smallest absolute Gasteiger partial charge is 0.335 e. The Balaban J connectivity index is 2.17. The highest BCUT2D eigenvalue weighted by molar-refractivity contribution is 5.88. The second-order valence-corrected chi connectivity index (χ2v) is 4.48. The molecule has 2 aromatic rings. The first kappa shape index (κ1) is 14.1. The number of carbonyl (C=O) groups is 1. The zero-order valence-corrected chi connectivity index (χ0v) is 11.1. The lowest BCUT2D eigenvalue weighted by Gasteiger charge is -2.24. The first-order valence-corrected chi connectivity index (χ1v) is 6.44. The Bertz CT molecular complexity index is 552. The van der Waals surface area contributed by atoms with Gasteiger partial charge in [0.25, 0.3) is 0 Å². The lowest BCUT2D eigenvalue weighted by atomic mass is 10.1. The van der Waals surface area contributed by atoms with Crippen molar-refractivity contribution in [3.63, 3.8) is 0 Å². The van der Waals surface area contributed by atoms with Gasteiger partial charge >= 0.3 is 5.97 Å². The van der Waals surface area contributed by atoms with Gasteiger partial charge in [0, 0.05) is 18.8 Å². The molecule has 0 aliphatic carbocycles. The third-order valence-corrected chi connectivity index (χ3v) is 3.07. The van der Waals surface area contributed by atoms with Crippen LogP contribution in [0.25, 0.3) is 0 Å². The molecule has 0 bridgehead atoms. The van der Waals surface area contributed by atoms with Crippen molar-refractivity contribution < 1.29 is 15.0 Å². The summed E-state index contributed by atoms with van der Waals surface area (Å²) >= 11 is 0. The van der Waals surface area contributed by atoms with Crippen molar-refractivity contribution in [1.29, 1.82) is 0 Å². The van der Waals surface area contributed by atoms with Crippen molar-refractivity contribution in [3.8, 4) is 0 Å². The van der Waals surface area contributed by atoms with Crippen molar-refractivity contribution in [3.05, 3.63) is 65.7 Å². The van der Waals surface area contributed by atoms with Crippen LogP contribution in [0.5, 0.6) is 0 Å². The molecule has 0 amide bonds. The van der Waals surface area contributed by atoms with Crippen LogP contribution in [-0.2, 0) is 6.54 Å². The van der Waals surface area contributed by atoms with Crippen LogP contribution in [0.2, 0.25) is 0 Å². The number of hydrogen-bond acceptors (Lipinski definition) is 3. The molecular formula is C16H17NO3. The predicted octanol–water partition coefficient (Wildman–Crippen LogP) is 2.38. The van der Waals surface area contributed by atoms with Crippen LogP contribution in [0.3, 0.4) is 0 Å². The molecule has 104 valence electrons. The van der Waals surface area contributed by atoms with Crippen molar-refractivity contribution in [2.24, 2.45) is 0 Å². The Kier molecular flexibility index (Phi) is 4.74. The number of aliphatic hydroxyl groups excluding tert-OH is 1. The molecule has 4 heteroatoms. The van der Waals surface area contributed by atoms with E-state index in [0.29, 0.717) is 13.1 Å². The number of aromatic carboxylic acids is 1. The standard InChI is InChI=1S/C16H17NO3/c18-11-10-17(12-13-4-2-1-3-5-13)15-8-6-14(7-9-15)16(19)20/h1-9,18H,10-12H2,(H,19,20). The van der Waals surface area contributed by atoms with Gasteiger partial charge in [0.15, 0.2) is 0 Å². The molecule has 0 aliphatic rings. The van der Waals surface area contributed by atoms with Gasteiger partial charge in [0.05, 0.1) is 12.2 Å². The molecule has 20 heavy (non-hydrogen) atoms. The van der Waals surface area contributed by atoms with Crippen molar-refractivity contribution >= 4 is 11.7 Å². The number of anilines is 1. The monoisotopic (exact) mass is 271 g/mol. The molecular weight excluding hydrogens is 254 g/mol. The topological polar surface area (TPSA) is 60.8 Å². The molecule has 2 rings (SSSR count). The van der Waals surface area contributed by atoms with Crippen LogP contribution in [0, 0.1) is 0 Å². The first-order chi connectivity index (χ1) is 9.70. The molecule has 0 aromatic heterocycles. The highest BCUT2D eigenvalue weighted by Crippen LogP contribution is 2.18. The fourth-order valence-electron chi connectivity index (χ4n) is 2.04. The second kappa shape index (κ2) is 6.73. The summed E-state index contributed by atoms with van der Waals surface area (Å²) in [5.74, 6) is -0.937. The fourth-order valence-corrected chi connectivity index (χ4v) is 2.04. The average Bonchev–Trinajstić information content (AvgIpc) is 2.48. The lowest BCUT2D eigenvalue weighted by molar-refractivity contribution is 0.0697. The maximum Gasteiger partial charge on any atom is 0.335 e. The van der Waals surface area contributed by atoms with Gasteiger partial charge in [-0.1, -0.05) is 30.3 Å². The number of carboxylic acid groups (broad SMARTS) is 1. The largest absolute Gasteiger partial charge is 0.478 e. The molecule has 4 nitrogen and oxygen atoms in total. The minimum atomic E-state index is -0.937. The quantitative estimate of drug-likeness (QED) is 0.847. The molecule has 0 spiro atoms. The molecule has 0 aliphatic heterocycles. The summed E-state index contributed by atoms with van der Waals surface area (Å²) in [6.07, 6.45) is 0. The number of benzene rings is 2. The minimum Gasteiger partial charge on any atom is -0.478 e. The number of rotatable bonds is 6. The van der Waals surface area contributed by atoms with Crippen LogP contribution < -0.4 is 4.90 Å². The molecule has 2 aromatic carbocycles. The van der Waals surface area contributed by atoms with Gasteiger partial charge in [-0.3, -0.25) is 0 Å². The third kappa shape index (κ3) is 3.59. The van der Waals surface area contributed by atoms with Gasteiger partial charge in [0.1, 0.15) is 0 Å². The van der Waals surface area contributed by atoms with Crippen LogP contribution in [0.1, 0.15) is 15.9 Å². The Hall–Kier alpha value is -2.33. The van der Waals surface area contributed by atoms with Crippen molar-refractivity contribution in [1.82, 2.24) is 0 Å². The SMILES string of the molecule is O=C(O)c1ccc(N(CCO)Cc2ccccc2)cc1. The van der Waals surface area contributed by atoms with E-state index in [0.717, 1.165) is 11.3 Å². The molecule has 0 atom stereocenters. The summed E-state index contributed by atoms with van der Waals surface area (Å²) in [6.45, 7) is 1.22.